The molecule has 0 amide bonds. The monoisotopic (exact) mass is 287 g/mol. The molecule has 0 aliphatic heterocycles. The lowest BCUT2D eigenvalue weighted by Crippen LogP contribution is -2.17. The molecule has 2 heterocycles. The van der Waals surface area contributed by atoms with Crippen molar-refractivity contribution in [2.24, 2.45) is 0 Å². The predicted molar refractivity (Wildman–Crippen MR) is 86.7 cm³/mol. The van der Waals surface area contributed by atoms with Gasteiger partial charge in [0.1, 0.15) is 0 Å². The molecule has 0 saturated carbocycles. The quantitative estimate of drug-likeness (QED) is 0.614. The highest BCUT2D eigenvalue weighted by atomic mass is 16.1. The Kier molecular flexibility index (Phi) is 2.86. The first-order valence-corrected chi connectivity index (χ1v) is 7.05. The van der Waals surface area contributed by atoms with Crippen LogP contribution in [-0.4, -0.2) is 14.6 Å². The Labute approximate surface area is 126 Å². The maximum atomic E-state index is 12.3. The van der Waals surface area contributed by atoms with Crippen molar-refractivity contribution in [2.75, 3.05) is 0 Å². The van der Waals surface area contributed by atoms with E-state index in [2.05, 4.69) is 10.1 Å². The second kappa shape index (κ2) is 5.00. The summed E-state index contributed by atoms with van der Waals surface area (Å²) < 4.78 is 1.40. The van der Waals surface area contributed by atoms with Gasteiger partial charge in [-0.25, -0.2) is 4.79 Å². The van der Waals surface area contributed by atoms with Crippen molar-refractivity contribution in [1.82, 2.24) is 14.6 Å². The number of nitrogens with zero attached hydrogens (tertiary/aromatic N) is 2. The molecule has 0 atom stereocenters. The second-order valence-corrected chi connectivity index (χ2v) is 5.09. The van der Waals surface area contributed by atoms with Gasteiger partial charge in [-0.05, 0) is 17.7 Å². The topological polar surface area (TPSA) is 50.2 Å². The first kappa shape index (κ1) is 12.6. The molecule has 0 aliphatic rings. The van der Waals surface area contributed by atoms with Gasteiger partial charge in [0.15, 0.2) is 0 Å². The zero-order valence-corrected chi connectivity index (χ0v) is 11.7. The zero-order chi connectivity index (χ0) is 14.9. The van der Waals surface area contributed by atoms with Gasteiger partial charge < -0.3 is 4.98 Å². The van der Waals surface area contributed by atoms with Crippen molar-refractivity contribution in [2.45, 2.75) is 0 Å². The van der Waals surface area contributed by atoms with Crippen LogP contribution in [0.5, 0.6) is 0 Å². The molecule has 0 aliphatic carbocycles. The molecule has 0 bridgehead atoms. The summed E-state index contributed by atoms with van der Waals surface area (Å²) in [6, 6.07) is 23.5. The standard InChI is InChI=1S/C18H13N3O/c22-18-19-16(13-7-3-1-4-8-13)11-15-12-17(20-21(15)18)14-9-5-2-6-10-14/h1-12H,(H,19,22). The second-order valence-electron chi connectivity index (χ2n) is 5.09. The van der Waals surface area contributed by atoms with Crippen LogP contribution in [0.4, 0.5) is 0 Å². The third-order valence-corrected chi connectivity index (χ3v) is 3.62. The van der Waals surface area contributed by atoms with Gasteiger partial charge in [-0.3, -0.25) is 0 Å². The normalized spacial score (nSPS) is 10.9. The van der Waals surface area contributed by atoms with Crippen LogP contribution in [0, 0.1) is 0 Å². The maximum Gasteiger partial charge on any atom is 0.347 e. The number of benzene rings is 2. The SMILES string of the molecule is O=c1[nH]c(-c2ccccc2)cc2cc(-c3ccccc3)nn12. The predicted octanol–water partition coefficient (Wildman–Crippen LogP) is 3.36. The molecule has 4 aromatic rings. The Morgan fingerprint density at radius 2 is 1.45 bits per heavy atom. The van der Waals surface area contributed by atoms with Crippen LogP contribution >= 0.6 is 0 Å². The summed E-state index contributed by atoms with van der Waals surface area (Å²) in [5.41, 5.74) is 4.09. The molecule has 4 rings (SSSR count). The minimum atomic E-state index is -0.237. The summed E-state index contributed by atoms with van der Waals surface area (Å²) in [6.07, 6.45) is 0. The molecular weight excluding hydrogens is 274 g/mol. The van der Waals surface area contributed by atoms with Crippen molar-refractivity contribution in [1.29, 1.82) is 0 Å². The van der Waals surface area contributed by atoms with E-state index in [-0.39, 0.29) is 5.69 Å². The third kappa shape index (κ3) is 2.11. The Balaban J connectivity index is 1.91. The minimum absolute atomic E-state index is 0.237. The lowest BCUT2D eigenvalue weighted by molar-refractivity contribution is 0.874. The fourth-order valence-electron chi connectivity index (χ4n) is 2.54. The first-order valence-electron chi connectivity index (χ1n) is 7.05. The Morgan fingerprint density at radius 1 is 0.818 bits per heavy atom. The fraction of sp³-hybridized carbons (Fsp3) is 0. The van der Waals surface area contributed by atoms with Gasteiger partial charge in [-0.1, -0.05) is 60.7 Å². The number of nitrogens with one attached hydrogen (secondary N) is 1. The van der Waals surface area contributed by atoms with Crippen LogP contribution in [0.1, 0.15) is 0 Å². The van der Waals surface area contributed by atoms with Gasteiger partial charge in [-0.2, -0.15) is 9.61 Å². The summed E-state index contributed by atoms with van der Waals surface area (Å²) in [6.45, 7) is 0. The molecule has 2 aromatic heterocycles. The lowest BCUT2D eigenvalue weighted by Gasteiger charge is -2.01. The molecular formula is C18H13N3O. The number of hydrogen-bond acceptors (Lipinski definition) is 2. The van der Waals surface area contributed by atoms with E-state index in [9.17, 15) is 4.79 Å². The lowest BCUT2D eigenvalue weighted by atomic mass is 10.1. The average Bonchev–Trinajstić information content (AvgIpc) is 3.01. The molecule has 106 valence electrons. The number of rotatable bonds is 2. The summed E-state index contributed by atoms with van der Waals surface area (Å²) in [7, 11) is 0. The summed E-state index contributed by atoms with van der Waals surface area (Å²) in [5, 5.41) is 4.39. The van der Waals surface area contributed by atoms with E-state index < -0.39 is 0 Å². The maximum absolute atomic E-state index is 12.3. The van der Waals surface area contributed by atoms with Crippen LogP contribution < -0.4 is 5.69 Å². The molecule has 0 spiro atoms. The van der Waals surface area contributed by atoms with Crippen molar-refractivity contribution in [3.63, 3.8) is 0 Å². The first-order chi connectivity index (χ1) is 10.8. The highest BCUT2D eigenvalue weighted by Gasteiger charge is 2.08. The molecule has 4 nitrogen and oxygen atoms in total. The van der Waals surface area contributed by atoms with Crippen LogP contribution in [0.3, 0.4) is 0 Å². The van der Waals surface area contributed by atoms with Gasteiger partial charge >= 0.3 is 5.69 Å². The number of aromatic nitrogens is 3. The van der Waals surface area contributed by atoms with Crippen LogP contribution in [0.2, 0.25) is 0 Å². The molecule has 0 unspecified atom stereocenters. The molecule has 22 heavy (non-hydrogen) atoms. The molecule has 0 radical (unpaired) electrons. The third-order valence-electron chi connectivity index (χ3n) is 3.62. The van der Waals surface area contributed by atoms with Crippen LogP contribution in [0.25, 0.3) is 28.0 Å². The summed E-state index contributed by atoms with van der Waals surface area (Å²) in [4.78, 5) is 15.1. The van der Waals surface area contributed by atoms with E-state index in [1.807, 2.05) is 72.8 Å². The molecule has 0 saturated heterocycles. The van der Waals surface area contributed by atoms with Gasteiger partial charge in [0.2, 0.25) is 0 Å². The number of fused-ring (bicyclic) bond motifs is 1. The smallest absolute Gasteiger partial charge is 0.305 e. The van der Waals surface area contributed by atoms with Gasteiger partial charge in [0, 0.05) is 5.56 Å². The molecule has 1 N–H and O–H groups in total. The Hall–Kier alpha value is -3.14. The zero-order valence-electron chi connectivity index (χ0n) is 11.7. The van der Waals surface area contributed by atoms with Crippen molar-refractivity contribution in [3.05, 3.63) is 83.3 Å². The van der Waals surface area contributed by atoms with Crippen molar-refractivity contribution >= 4 is 5.52 Å². The van der Waals surface area contributed by atoms with Crippen LogP contribution in [0.15, 0.2) is 77.6 Å². The molecule has 0 fully saturated rings. The summed E-state index contributed by atoms with van der Waals surface area (Å²) >= 11 is 0. The van der Waals surface area contributed by atoms with E-state index in [1.165, 1.54) is 4.52 Å². The Morgan fingerprint density at radius 3 is 2.14 bits per heavy atom. The van der Waals surface area contributed by atoms with Crippen molar-refractivity contribution < 1.29 is 0 Å². The minimum Gasteiger partial charge on any atom is -0.305 e. The molecule has 2 aromatic carbocycles. The largest absolute Gasteiger partial charge is 0.347 e. The Bertz CT molecular complexity index is 985. The van der Waals surface area contributed by atoms with E-state index >= 15 is 0 Å². The number of aromatic amines is 1. The van der Waals surface area contributed by atoms with Crippen molar-refractivity contribution in [3.8, 4) is 22.5 Å². The van der Waals surface area contributed by atoms with Crippen LogP contribution in [-0.2, 0) is 0 Å². The number of H-pyrrole nitrogens is 1. The van der Waals surface area contributed by atoms with E-state index in [0.29, 0.717) is 0 Å². The van der Waals surface area contributed by atoms with Gasteiger partial charge in [-0.15, -0.1) is 0 Å². The highest BCUT2D eigenvalue weighted by molar-refractivity contribution is 5.70. The number of hydrogen-bond donors (Lipinski definition) is 1. The molecule has 4 heteroatoms. The van der Waals surface area contributed by atoms with E-state index in [0.717, 1.165) is 28.0 Å². The van der Waals surface area contributed by atoms with Gasteiger partial charge in [0.05, 0.1) is 16.9 Å². The fourth-order valence-corrected chi connectivity index (χ4v) is 2.54. The van der Waals surface area contributed by atoms with E-state index in [1.54, 1.807) is 0 Å². The highest BCUT2D eigenvalue weighted by Crippen LogP contribution is 2.21. The summed E-state index contributed by atoms with van der Waals surface area (Å²) in [5.74, 6) is 0. The van der Waals surface area contributed by atoms with Gasteiger partial charge in [0.25, 0.3) is 0 Å². The van der Waals surface area contributed by atoms with E-state index in [4.69, 9.17) is 0 Å². The average molecular weight is 287 g/mol.